The second-order valence-electron chi connectivity index (χ2n) is 7.02. The minimum absolute atomic E-state index is 0.0847. The van der Waals surface area contributed by atoms with E-state index in [1.165, 1.54) is 31.4 Å². The summed E-state index contributed by atoms with van der Waals surface area (Å²) < 4.78 is 49.5. The summed E-state index contributed by atoms with van der Waals surface area (Å²) in [6.07, 6.45) is 2.71. The maximum atomic E-state index is 12.6. The minimum Gasteiger partial charge on any atom is -0.492 e. The van der Waals surface area contributed by atoms with Crippen LogP contribution in [0.25, 0.3) is 6.08 Å². The van der Waals surface area contributed by atoms with Gasteiger partial charge in [-0.3, -0.25) is 4.72 Å². The lowest BCUT2D eigenvalue weighted by atomic mass is 10.1. The number of benzene rings is 1. The van der Waals surface area contributed by atoms with Crippen molar-refractivity contribution in [3.8, 4) is 17.2 Å². The van der Waals surface area contributed by atoms with Crippen LogP contribution in [-0.4, -0.2) is 33.9 Å². The first-order valence-electron chi connectivity index (χ1n) is 8.59. The van der Waals surface area contributed by atoms with Gasteiger partial charge in [0.25, 0.3) is 10.0 Å². The van der Waals surface area contributed by atoms with E-state index < -0.39 is 21.6 Å². The van der Waals surface area contributed by atoms with Gasteiger partial charge in [0.05, 0.1) is 12.8 Å². The number of rotatable bonds is 6. The molecule has 0 fully saturated rings. The third-order valence-electron chi connectivity index (χ3n) is 3.64. The number of ether oxygens (including phenoxy) is 4. The quantitative estimate of drug-likeness (QED) is 0.542. The van der Waals surface area contributed by atoms with Gasteiger partial charge in [-0.25, -0.2) is 13.2 Å². The van der Waals surface area contributed by atoms with Crippen LogP contribution in [0.3, 0.4) is 0 Å². The monoisotopic (exact) mass is 439 g/mol. The lowest BCUT2D eigenvalue weighted by Gasteiger charge is -2.18. The molecule has 0 unspecified atom stereocenters. The van der Waals surface area contributed by atoms with E-state index in [4.69, 9.17) is 18.9 Å². The molecule has 0 bridgehead atoms. The number of sulfonamides is 1. The van der Waals surface area contributed by atoms with Crippen molar-refractivity contribution in [1.29, 1.82) is 0 Å². The average molecular weight is 440 g/mol. The number of fused-ring (bicyclic) bond motifs is 1. The van der Waals surface area contributed by atoms with Gasteiger partial charge in [0.1, 0.15) is 9.81 Å². The van der Waals surface area contributed by atoms with Crippen LogP contribution in [-0.2, 0) is 19.6 Å². The van der Waals surface area contributed by atoms with Crippen LogP contribution in [0.5, 0.6) is 17.2 Å². The zero-order valence-electron chi connectivity index (χ0n) is 16.3. The Hall–Kier alpha value is -2.72. The van der Waals surface area contributed by atoms with Gasteiger partial charge >= 0.3 is 5.97 Å². The molecule has 0 radical (unpaired) electrons. The number of thiophene rings is 1. The molecule has 2 heterocycles. The predicted molar refractivity (Wildman–Crippen MR) is 109 cm³/mol. The number of nitrogens with one attached hydrogen (secondary N) is 1. The molecule has 0 spiro atoms. The average Bonchev–Trinajstić information content (AvgIpc) is 3.30. The Morgan fingerprint density at radius 2 is 2.00 bits per heavy atom. The molecule has 1 aliphatic rings. The Labute approximate surface area is 173 Å². The maximum Gasteiger partial charge on any atom is 0.331 e. The molecule has 8 nitrogen and oxygen atoms in total. The van der Waals surface area contributed by atoms with Crippen molar-refractivity contribution >= 4 is 39.1 Å². The summed E-state index contributed by atoms with van der Waals surface area (Å²) in [5.74, 6) is 0.244. The van der Waals surface area contributed by atoms with E-state index in [2.05, 4.69) is 4.72 Å². The van der Waals surface area contributed by atoms with Gasteiger partial charge in [0, 0.05) is 11.6 Å². The molecule has 2 aromatic rings. The summed E-state index contributed by atoms with van der Waals surface area (Å²) in [5, 5.41) is 1.67. The second kappa shape index (κ2) is 7.96. The van der Waals surface area contributed by atoms with Crippen molar-refractivity contribution in [3.63, 3.8) is 0 Å². The van der Waals surface area contributed by atoms with E-state index in [9.17, 15) is 13.2 Å². The second-order valence-corrected chi connectivity index (χ2v) is 9.87. The number of carbonyl (C=O) groups is 1. The summed E-state index contributed by atoms with van der Waals surface area (Å²) in [6.45, 7) is 5.20. The van der Waals surface area contributed by atoms with Crippen molar-refractivity contribution in [2.24, 2.45) is 0 Å². The van der Waals surface area contributed by atoms with Crippen molar-refractivity contribution in [2.45, 2.75) is 30.6 Å². The Morgan fingerprint density at radius 3 is 2.62 bits per heavy atom. The summed E-state index contributed by atoms with van der Waals surface area (Å²) in [5.41, 5.74) is -0.0379. The van der Waals surface area contributed by atoms with Crippen LogP contribution in [0, 0.1) is 0 Å². The first-order chi connectivity index (χ1) is 13.6. The molecule has 29 heavy (non-hydrogen) atoms. The molecule has 0 saturated carbocycles. The molecule has 3 rings (SSSR count). The smallest absolute Gasteiger partial charge is 0.331 e. The molecule has 0 amide bonds. The van der Waals surface area contributed by atoms with Crippen LogP contribution < -0.4 is 18.9 Å². The minimum atomic E-state index is -3.81. The van der Waals surface area contributed by atoms with E-state index in [-0.39, 0.29) is 28.2 Å². The molecular formula is C19H21NO7S2. The Kier molecular flexibility index (Phi) is 5.76. The fourth-order valence-corrected chi connectivity index (χ4v) is 4.63. The highest BCUT2D eigenvalue weighted by Crippen LogP contribution is 2.49. The lowest BCUT2D eigenvalue weighted by molar-refractivity contribution is -0.148. The zero-order chi connectivity index (χ0) is 21.2. The molecule has 1 aliphatic heterocycles. The molecule has 10 heteroatoms. The third-order valence-corrected chi connectivity index (χ3v) is 6.40. The van der Waals surface area contributed by atoms with Gasteiger partial charge in [-0.2, -0.15) is 0 Å². The van der Waals surface area contributed by atoms with Crippen LogP contribution in [0.2, 0.25) is 0 Å². The highest BCUT2D eigenvalue weighted by atomic mass is 32.2. The summed E-state index contributed by atoms with van der Waals surface area (Å²) in [7, 11) is -2.36. The largest absolute Gasteiger partial charge is 0.492 e. The van der Waals surface area contributed by atoms with E-state index >= 15 is 0 Å². The summed E-state index contributed by atoms with van der Waals surface area (Å²) >= 11 is 1.09. The van der Waals surface area contributed by atoms with Gasteiger partial charge in [-0.1, -0.05) is 6.07 Å². The van der Waals surface area contributed by atoms with Crippen LogP contribution in [0.4, 0.5) is 5.69 Å². The Morgan fingerprint density at radius 1 is 1.28 bits per heavy atom. The highest BCUT2D eigenvalue weighted by Gasteiger charge is 2.28. The van der Waals surface area contributed by atoms with Crippen LogP contribution in [0.1, 0.15) is 26.3 Å². The molecule has 0 atom stereocenters. The van der Waals surface area contributed by atoms with Gasteiger partial charge in [0.15, 0.2) is 11.5 Å². The fourth-order valence-electron chi connectivity index (χ4n) is 2.58. The van der Waals surface area contributed by atoms with E-state index in [1.807, 2.05) is 0 Å². The first-order valence-corrected chi connectivity index (χ1v) is 10.9. The zero-order valence-corrected chi connectivity index (χ0v) is 18.0. The molecule has 1 aromatic heterocycles. The van der Waals surface area contributed by atoms with Crippen molar-refractivity contribution in [1.82, 2.24) is 0 Å². The van der Waals surface area contributed by atoms with Gasteiger partial charge in [0.2, 0.25) is 12.5 Å². The predicted octanol–water partition coefficient (Wildman–Crippen LogP) is 3.64. The molecule has 0 aliphatic carbocycles. The number of carbonyl (C=O) groups excluding carboxylic acids is 1. The fraction of sp³-hybridized carbons (Fsp3) is 0.316. The Bertz CT molecular complexity index is 1040. The topological polar surface area (TPSA) is 100 Å². The maximum absolute atomic E-state index is 12.6. The molecule has 1 aromatic carbocycles. The number of methoxy groups -OCH3 is 1. The molecule has 1 N–H and O–H groups in total. The summed E-state index contributed by atoms with van der Waals surface area (Å²) in [4.78, 5) is 12.0. The highest BCUT2D eigenvalue weighted by molar-refractivity contribution is 7.94. The molecular weight excluding hydrogens is 418 g/mol. The van der Waals surface area contributed by atoms with Gasteiger partial charge in [-0.05, 0) is 44.4 Å². The van der Waals surface area contributed by atoms with Crippen LogP contribution >= 0.6 is 11.3 Å². The van der Waals surface area contributed by atoms with Crippen LogP contribution in [0.15, 0.2) is 33.9 Å². The first kappa shape index (κ1) is 21.0. The standard InChI is InChI=1S/C19H21NO7S2/c1-19(2,3)27-14(21)8-7-12-10-13(17-18(16(12)24-4)26-11-25-17)20-29(22,23)15-6-5-9-28-15/h5-10,20H,11H2,1-4H3. The van der Waals surface area contributed by atoms with E-state index in [1.54, 1.807) is 32.2 Å². The van der Waals surface area contributed by atoms with Crippen molar-refractivity contribution in [3.05, 3.63) is 35.2 Å². The molecule has 0 saturated heterocycles. The number of esters is 1. The van der Waals surface area contributed by atoms with Gasteiger partial charge < -0.3 is 18.9 Å². The normalized spacial score (nSPS) is 13.5. The SMILES string of the molecule is COc1c(C=CC(=O)OC(C)(C)C)cc(NS(=O)(=O)c2cccs2)c2c1OCO2. The Balaban J connectivity index is 1.99. The van der Waals surface area contributed by atoms with Gasteiger partial charge in [-0.15, -0.1) is 11.3 Å². The van der Waals surface area contributed by atoms with Crippen molar-refractivity contribution < 1.29 is 32.2 Å². The summed E-state index contributed by atoms with van der Waals surface area (Å²) in [6, 6.07) is 4.65. The number of hydrogen-bond acceptors (Lipinski definition) is 8. The van der Waals surface area contributed by atoms with E-state index in [0.29, 0.717) is 11.3 Å². The number of hydrogen-bond donors (Lipinski definition) is 1. The van der Waals surface area contributed by atoms with E-state index in [0.717, 1.165) is 11.3 Å². The molecule has 156 valence electrons. The number of anilines is 1. The van der Waals surface area contributed by atoms with Crippen molar-refractivity contribution in [2.75, 3.05) is 18.6 Å². The third kappa shape index (κ3) is 4.83. The lowest BCUT2D eigenvalue weighted by Crippen LogP contribution is -2.22.